The number of methoxy groups -OCH3 is 1. The molecule has 2 aromatic rings. The predicted molar refractivity (Wildman–Crippen MR) is 108 cm³/mol. The molecule has 6 nitrogen and oxygen atoms in total. The van der Waals surface area contributed by atoms with E-state index in [1.807, 2.05) is 36.4 Å². The van der Waals surface area contributed by atoms with E-state index in [9.17, 15) is 9.59 Å². The molecule has 148 valence electrons. The summed E-state index contributed by atoms with van der Waals surface area (Å²) in [5.74, 6) is 0.274. The van der Waals surface area contributed by atoms with Crippen LogP contribution >= 0.6 is 0 Å². The highest BCUT2D eigenvalue weighted by Gasteiger charge is 2.14. The Hall–Kier alpha value is -3.15. The fourth-order valence-corrected chi connectivity index (χ4v) is 2.48. The fourth-order valence-electron chi connectivity index (χ4n) is 2.48. The van der Waals surface area contributed by atoms with Gasteiger partial charge in [0.1, 0.15) is 5.75 Å². The van der Waals surface area contributed by atoms with Crippen LogP contribution in [0.3, 0.4) is 0 Å². The van der Waals surface area contributed by atoms with E-state index >= 15 is 0 Å². The molecule has 0 aliphatic carbocycles. The van der Waals surface area contributed by atoms with E-state index in [0.29, 0.717) is 13.2 Å². The Morgan fingerprint density at radius 3 is 2.61 bits per heavy atom. The fraction of sp³-hybridized carbons (Fsp3) is 0.318. The van der Waals surface area contributed by atoms with E-state index in [0.717, 1.165) is 23.3 Å². The second-order valence-corrected chi connectivity index (χ2v) is 6.20. The highest BCUT2D eigenvalue weighted by atomic mass is 16.5. The van der Waals surface area contributed by atoms with Crippen LogP contribution in [0.25, 0.3) is 6.08 Å². The van der Waals surface area contributed by atoms with Crippen LogP contribution in [0.2, 0.25) is 0 Å². The summed E-state index contributed by atoms with van der Waals surface area (Å²) in [6.45, 7) is 3.38. The predicted octanol–water partition coefficient (Wildman–Crippen LogP) is 3.48. The summed E-state index contributed by atoms with van der Waals surface area (Å²) in [5.41, 5.74) is 1.79. The van der Waals surface area contributed by atoms with Gasteiger partial charge >= 0.3 is 5.97 Å². The molecule has 6 heteroatoms. The second kappa shape index (κ2) is 11.5. The third kappa shape index (κ3) is 7.23. The van der Waals surface area contributed by atoms with Crippen molar-refractivity contribution < 1.29 is 19.1 Å². The number of pyridine rings is 1. The molecule has 0 fully saturated rings. The van der Waals surface area contributed by atoms with Crippen molar-refractivity contribution in [1.82, 2.24) is 9.88 Å². The Kier molecular flexibility index (Phi) is 8.72. The summed E-state index contributed by atoms with van der Waals surface area (Å²) in [5, 5.41) is 0. The van der Waals surface area contributed by atoms with Gasteiger partial charge in [0.15, 0.2) is 0 Å². The molecule has 1 aromatic carbocycles. The molecule has 28 heavy (non-hydrogen) atoms. The summed E-state index contributed by atoms with van der Waals surface area (Å²) in [7, 11) is 1.34. The van der Waals surface area contributed by atoms with Gasteiger partial charge < -0.3 is 14.4 Å². The van der Waals surface area contributed by atoms with E-state index in [4.69, 9.17) is 4.74 Å². The number of benzene rings is 1. The van der Waals surface area contributed by atoms with Crippen LogP contribution in [0.5, 0.6) is 5.75 Å². The quantitative estimate of drug-likeness (QED) is 0.465. The number of carbonyl (C=O) groups is 2. The molecule has 0 radical (unpaired) electrons. The van der Waals surface area contributed by atoms with Gasteiger partial charge in [-0.15, -0.1) is 0 Å². The maximum absolute atomic E-state index is 12.7. The normalized spacial score (nSPS) is 10.6. The summed E-state index contributed by atoms with van der Waals surface area (Å²) in [6.07, 6.45) is 7.74. The molecule has 0 bridgehead atoms. The van der Waals surface area contributed by atoms with Gasteiger partial charge in [-0.3, -0.25) is 14.6 Å². The maximum Gasteiger partial charge on any atom is 0.307 e. The van der Waals surface area contributed by atoms with Crippen molar-refractivity contribution in [2.75, 3.05) is 20.3 Å². The Morgan fingerprint density at radius 1 is 1.18 bits per heavy atom. The number of rotatable bonds is 10. The first kappa shape index (κ1) is 21.2. The lowest BCUT2D eigenvalue weighted by Gasteiger charge is -2.20. The number of aromatic nitrogens is 1. The zero-order valence-electron chi connectivity index (χ0n) is 16.3. The van der Waals surface area contributed by atoms with Crippen LogP contribution in [0.4, 0.5) is 0 Å². The minimum absolute atomic E-state index is 0.139. The van der Waals surface area contributed by atoms with E-state index in [1.165, 1.54) is 13.2 Å². The lowest BCUT2D eigenvalue weighted by Crippen LogP contribution is -2.31. The highest BCUT2D eigenvalue weighted by molar-refractivity contribution is 5.92. The molecule has 0 atom stereocenters. The summed E-state index contributed by atoms with van der Waals surface area (Å²) in [6, 6.07) is 11.3. The number of esters is 1. The van der Waals surface area contributed by atoms with Gasteiger partial charge in [-0.05, 0) is 41.8 Å². The zero-order valence-corrected chi connectivity index (χ0v) is 16.3. The number of hydrogen-bond donors (Lipinski definition) is 0. The number of nitrogens with zero attached hydrogens (tertiary/aromatic N) is 2. The lowest BCUT2D eigenvalue weighted by molar-refractivity contribution is -0.141. The third-order valence-corrected chi connectivity index (χ3v) is 3.99. The third-order valence-electron chi connectivity index (χ3n) is 3.99. The number of amides is 1. The Bertz CT molecular complexity index is 773. The van der Waals surface area contributed by atoms with Crippen molar-refractivity contribution in [3.63, 3.8) is 0 Å². The van der Waals surface area contributed by atoms with Crippen molar-refractivity contribution >= 4 is 18.0 Å². The number of carbonyl (C=O) groups excluding carboxylic acids is 2. The van der Waals surface area contributed by atoms with Gasteiger partial charge in [0, 0.05) is 31.6 Å². The molecule has 0 N–H and O–H groups in total. The average Bonchev–Trinajstić information content (AvgIpc) is 2.74. The van der Waals surface area contributed by atoms with Crippen LogP contribution in [0, 0.1) is 0 Å². The molecule has 0 spiro atoms. The first-order valence-corrected chi connectivity index (χ1v) is 9.28. The first-order valence-electron chi connectivity index (χ1n) is 9.28. The topological polar surface area (TPSA) is 68.7 Å². The minimum atomic E-state index is -0.351. The zero-order chi connectivity index (χ0) is 20.2. The van der Waals surface area contributed by atoms with Gasteiger partial charge in [0.25, 0.3) is 0 Å². The molecular formula is C22H26N2O4. The molecule has 1 amide bonds. The molecule has 0 unspecified atom stereocenters. The SMILES string of the molecule is CCCOc1ccc(/C=C/C(=O)N(CCC(=O)OC)Cc2cccnc2)cc1. The van der Waals surface area contributed by atoms with E-state index < -0.39 is 0 Å². The molecule has 0 saturated heterocycles. The standard InChI is InChI=1S/C22H26N2O4/c1-3-15-28-20-9-6-18(7-10-20)8-11-21(25)24(14-12-22(26)27-2)17-19-5-4-13-23-16-19/h4-11,13,16H,3,12,14-15,17H2,1-2H3/b11-8+. The van der Waals surface area contributed by atoms with Crippen molar-refractivity contribution in [1.29, 1.82) is 0 Å². The molecule has 1 heterocycles. The maximum atomic E-state index is 12.7. The molecule has 0 aliphatic rings. The minimum Gasteiger partial charge on any atom is -0.494 e. The van der Waals surface area contributed by atoms with Gasteiger partial charge in [0.05, 0.1) is 20.1 Å². The number of ether oxygens (including phenoxy) is 2. The Balaban J connectivity index is 2.03. The monoisotopic (exact) mass is 382 g/mol. The average molecular weight is 382 g/mol. The van der Waals surface area contributed by atoms with Gasteiger partial charge in [-0.25, -0.2) is 0 Å². The largest absolute Gasteiger partial charge is 0.494 e. The smallest absolute Gasteiger partial charge is 0.307 e. The van der Waals surface area contributed by atoms with Crippen molar-refractivity contribution in [2.45, 2.75) is 26.3 Å². The van der Waals surface area contributed by atoms with E-state index in [1.54, 1.807) is 23.4 Å². The van der Waals surface area contributed by atoms with Crippen LogP contribution in [-0.2, 0) is 20.9 Å². The molecule has 1 aromatic heterocycles. The van der Waals surface area contributed by atoms with Gasteiger partial charge in [-0.2, -0.15) is 0 Å². The summed E-state index contributed by atoms with van der Waals surface area (Å²) < 4.78 is 10.2. The van der Waals surface area contributed by atoms with Gasteiger partial charge in [0.2, 0.25) is 5.91 Å². The molecular weight excluding hydrogens is 356 g/mol. The molecule has 2 rings (SSSR count). The second-order valence-electron chi connectivity index (χ2n) is 6.20. The first-order chi connectivity index (χ1) is 13.6. The molecule has 0 aliphatic heterocycles. The Labute approximate surface area is 165 Å². The Morgan fingerprint density at radius 2 is 1.96 bits per heavy atom. The van der Waals surface area contributed by atoms with E-state index in [2.05, 4.69) is 16.6 Å². The van der Waals surface area contributed by atoms with Crippen LogP contribution in [0.1, 0.15) is 30.9 Å². The molecule has 0 saturated carbocycles. The summed E-state index contributed by atoms with van der Waals surface area (Å²) >= 11 is 0. The van der Waals surface area contributed by atoms with Crippen LogP contribution < -0.4 is 4.74 Å². The van der Waals surface area contributed by atoms with Crippen molar-refractivity contribution in [3.05, 3.63) is 66.0 Å². The van der Waals surface area contributed by atoms with Crippen molar-refractivity contribution in [2.24, 2.45) is 0 Å². The number of hydrogen-bond acceptors (Lipinski definition) is 5. The highest BCUT2D eigenvalue weighted by Crippen LogP contribution is 2.14. The van der Waals surface area contributed by atoms with Crippen molar-refractivity contribution in [3.8, 4) is 5.75 Å². The summed E-state index contributed by atoms with van der Waals surface area (Å²) in [4.78, 5) is 29.8. The van der Waals surface area contributed by atoms with Crippen LogP contribution in [-0.4, -0.2) is 42.0 Å². The van der Waals surface area contributed by atoms with Gasteiger partial charge in [-0.1, -0.05) is 25.1 Å². The van der Waals surface area contributed by atoms with Crippen LogP contribution in [0.15, 0.2) is 54.9 Å². The lowest BCUT2D eigenvalue weighted by atomic mass is 10.2. The van der Waals surface area contributed by atoms with E-state index in [-0.39, 0.29) is 24.8 Å².